The number of benzene rings is 1. The van der Waals surface area contributed by atoms with Crippen molar-refractivity contribution in [3.05, 3.63) is 30.0 Å². The molecule has 1 saturated heterocycles. The molecule has 0 saturated carbocycles. The molecule has 0 amide bonds. The third kappa shape index (κ3) is 2.46. The summed E-state index contributed by atoms with van der Waals surface area (Å²) in [5.41, 5.74) is 1.28. The van der Waals surface area contributed by atoms with Crippen molar-refractivity contribution in [2.45, 2.75) is 18.8 Å². The van der Waals surface area contributed by atoms with E-state index < -0.39 is 0 Å². The Hall–Kier alpha value is -1.99. The van der Waals surface area contributed by atoms with E-state index in [1.165, 1.54) is 12.3 Å². The highest BCUT2D eigenvalue weighted by atomic mass is 35.5. The van der Waals surface area contributed by atoms with Gasteiger partial charge in [0, 0.05) is 12.1 Å². The molecule has 116 valence electrons. The van der Waals surface area contributed by atoms with Gasteiger partial charge in [-0.2, -0.15) is 10.1 Å². The van der Waals surface area contributed by atoms with Gasteiger partial charge in [0.15, 0.2) is 0 Å². The second kappa shape index (κ2) is 6.02. The fourth-order valence-corrected chi connectivity index (χ4v) is 2.76. The largest absolute Gasteiger partial charge is 0.339 e. The molecule has 22 heavy (non-hydrogen) atoms. The van der Waals surface area contributed by atoms with Gasteiger partial charge in [-0.1, -0.05) is 5.16 Å². The summed E-state index contributed by atoms with van der Waals surface area (Å²) in [6.45, 7) is 1.88. The first-order chi connectivity index (χ1) is 10.3. The zero-order chi connectivity index (χ0) is 14.2. The lowest BCUT2D eigenvalue weighted by molar-refractivity contribution is 0.322. The van der Waals surface area contributed by atoms with Crippen LogP contribution in [0.25, 0.3) is 22.3 Å². The molecule has 1 aliphatic heterocycles. The predicted octanol–water partition coefficient (Wildman–Crippen LogP) is 2.64. The predicted molar refractivity (Wildman–Crippen MR) is 81.4 cm³/mol. The van der Waals surface area contributed by atoms with Gasteiger partial charge in [-0.15, -0.1) is 12.4 Å². The average Bonchev–Trinajstić information content (AvgIpc) is 3.18. The molecule has 4 rings (SSSR count). The van der Waals surface area contributed by atoms with Gasteiger partial charge in [0.2, 0.25) is 11.7 Å². The maximum atomic E-state index is 13.7. The molecule has 0 unspecified atom stereocenters. The molecule has 8 heteroatoms. The van der Waals surface area contributed by atoms with Crippen molar-refractivity contribution in [3.63, 3.8) is 0 Å². The van der Waals surface area contributed by atoms with Crippen molar-refractivity contribution in [2.24, 2.45) is 0 Å². The fourth-order valence-electron chi connectivity index (χ4n) is 2.76. The van der Waals surface area contributed by atoms with Gasteiger partial charge in [-0.25, -0.2) is 4.39 Å². The summed E-state index contributed by atoms with van der Waals surface area (Å²) in [7, 11) is 0. The summed E-state index contributed by atoms with van der Waals surface area (Å²) in [6.07, 6.45) is 3.60. The van der Waals surface area contributed by atoms with Crippen molar-refractivity contribution in [1.82, 2.24) is 25.7 Å². The highest BCUT2D eigenvalue weighted by molar-refractivity contribution is 5.91. The number of nitrogens with one attached hydrogen (secondary N) is 2. The minimum Gasteiger partial charge on any atom is -0.339 e. The second-order valence-corrected chi connectivity index (χ2v) is 5.25. The fraction of sp³-hybridized carbons (Fsp3) is 0.357. The number of hydrogen-bond donors (Lipinski definition) is 2. The molecule has 0 radical (unpaired) electrons. The Morgan fingerprint density at radius 1 is 1.32 bits per heavy atom. The Morgan fingerprint density at radius 2 is 2.23 bits per heavy atom. The molecule has 2 N–H and O–H groups in total. The molecule has 6 nitrogen and oxygen atoms in total. The second-order valence-electron chi connectivity index (χ2n) is 5.25. The Labute approximate surface area is 131 Å². The van der Waals surface area contributed by atoms with Crippen LogP contribution in [0.3, 0.4) is 0 Å². The highest BCUT2D eigenvalue weighted by Gasteiger charge is 2.22. The number of aromatic nitrogens is 4. The van der Waals surface area contributed by atoms with E-state index in [1.807, 2.05) is 0 Å². The average molecular weight is 324 g/mol. The summed E-state index contributed by atoms with van der Waals surface area (Å²) in [5, 5.41) is 14.5. The molecule has 1 aromatic carbocycles. The molecule has 0 spiro atoms. The molecular formula is C14H15ClFN5O. The van der Waals surface area contributed by atoms with Crippen LogP contribution in [0.15, 0.2) is 22.9 Å². The first-order valence-corrected chi connectivity index (χ1v) is 6.99. The van der Waals surface area contributed by atoms with Crippen molar-refractivity contribution in [2.75, 3.05) is 13.1 Å². The van der Waals surface area contributed by atoms with E-state index in [1.54, 1.807) is 6.07 Å². The summed E-state index contributed by atoms with van der Waals surface area (Å²) >= 11 is 0. The van der Waals surface area contributed by atoms with Gasteiger partial charge < -0.3 is 9.84 Å². The van der Waals surface area contributed by atoms with Crippen LogP contribution >= 0.6 is 12.4 Å². The summed E-state index contributed by atoms with van der Waals surface area (Å²) < 4.78 is 19.1. The van der Waals surface area contributed by atoms with E-state index in [0.29, 0.717) is 28.2 Å². The number of piperidine rings is 1. The van der Waals surface area contributed by atoms with Crippen LogP contribution in [0.5, 0.6) is 0 Å². The van der Waals surface area contributed by atoms with Crippen LogP contribution in [-0.4, -0.2) is 33.4 Å². The van der Waals surface area contributed by atoms with Crippen LogP contribution in [0.1, 0.15) is 24.7 Å². The van der Waals surface area contributed by atoms with Gasteiger partial charge in [0.05, 0.1) is 23.0 Å². The Kier molecular flexibility index (Phi) is 4.08. The van der Waals surface area contributed by atoms with Crippen molar-refractivity contribution in [3.8, 4) is 11.4 Å². The zero-order valence-electron chi connectivity index (χ0n) is 11.7. The Bertz CT molecular complexity index is 780. The number of halogens is 2. The Morgan fingerprint density at radius 3 is 3.05 bits per heavy atom. The van der Waals surface area contributed by atoms with E-state index in [2.05, 4.69) is 25.7 Å². The smallest absolute Gasteiger partial charge is 0.231 e. The van der Waals surface area contributed by atoms with Crippen LogP contribution in [-0.2, 0) is 0 Å². The third-order valence-corrected chi connectivity index (χ3v) is 3.89. The molecule has 3 heterocycles. The monoisotopic (exact) mass is 323 g/mol. The SMILES string of the molecule is Cl.Fc1ccc(-c2noc([C@@H]3CCCNC3)n2)c2[nH]ncc12. The van der Waals surface area contributed by atoms with E-state index in [-0.39, 0.29) is 24.1 Å². The van der Waals surface area contributed by atoms with Crippen LogP contribution in [0.2, 0.25) is 0 Å². The lowest BCUT2D eigenvalue weighted by Gasteiger charge is -2.18. The van der Waals surface area contributed by atoms with E-state index >= 15 is 0 Å². The normalized spacial score (nSPS) is 18.3. The zero-order valence-corrected chi connectivity index (χ0v) is 12.5. The van der Waals surface area contributed by atoms with E-state index in [4.69, 9.17) is 4.52 Å². The quantitative estimate of drug-likeness (QED) is 0.758. The number of nitrogens with zero attached hydrogens (tertiary/aromatic N) is 3. The van der Waals surface area contributed by atoms with Crippen molar-refractivity contribution < 1.29 is 8.91 Å². The summed E-state index contributed by atoms with van der Waals surface area (Å²) in [4.78, 5) is 4.48. The standard InChI is InChI=1S/C14H14FN5O.ClH/c15-11-4-3-9(12-10(11)7-17-19-12)13-18-14(21-20-13)8-2-1-5-16-6-8;/h3-4,7-8,16H,1-2,5-6H2,(H,17,19);1H/t8-;/m1./s1. The highest BCUT2D eigenvalue weighted by Crippen LogP contribution is 2.29. The number of rotatable bonds is 2. The van der Waals surface area contributed by atoms with Crippen molar-refractivity contribution >= 4 is 23.3 Å². The topological polar surface area (TPSA) is 79.6 Å². The van der Waals surface area contributed by atoms with Crippen LogP contribution < -0.4 is 5.32 Å². The van der Waals surface area contributed by atoms with Gasteiger partial charge in [-0.3, -0.25) is 5.10 Å². The van der Waals surface area contributed by atoms with Gasteiger partial charge in [0.25, 0.3) is 0 Å². The molecular weight excluding hydrogens is 309 g/mol. The van der Waals surface area contributed by atoms with Gasteiger partial charge >= 0.3 is 0 Å². The number of hydrogen-bond acceptors (Lipinski definition) is 5. The minimum absolute atomic E-state index is 0. The van der Waals surface area contributed by atoms with E-state index in [0.717, 1.165) is 25.9 Å². The number of aromatic amines is 1. The summed E-state index contributed by atoms with van der Waals surface area (Å²) in [6, 6.07) is 3.04. The lowest BCUT2D eigenvalue weighted by Crippen LogP contribution is -2.28. The number of fused-ring (bicyclic) bond motifs is 1. The minimum atomic E-state index is -0.317. The van der Waals surface area contributed by atoms with E-state index in [9.17, 15) is 4.39 Å². The molecule has 2 aromatic heterocycles. The Balaban J connectivity index is 0.00000144. The molecule has 1 atom stereocenters. The molecule has 3 aromatic rings. The molecule has 1 fully saturated rings. The van der Waals surface area contributed by atoms with Crippen LogP contribution in [0, 0.1) is 5.82 Å². The van der Waals surface area contributed by atoms with Gasteiger partial charge in [-0.05, 0) is 31.5 Å². The maximum absolute atomic E-state index is 13.7. The lowest BCUT2D eigenvalue weighted by atomic mass is 10.00. The molecule has 0 bridgehead atoms. The third-order valence-electron chi connectivity index (χ3n) is 3.89. The summed E-state index contributed by atoms with van der Waals surface area (Å²) in [5.74, 6) is 1.03. The first kappa shape index (κ1) is 14.9. The first-order valence-electron chi connectivity index (χ1n) is 6.99. The number of H-pyrrole nitrogens is 1. The molecule has 1 aliphatic rings. The molecule has 0 aliphatic carbocycles. The van der Waals surface area contributed by atoms with Crippen LogP contribution in [0.4, 0.5) is 4.39 Å². The maximum Gasteiger partial charge on any atom is 0.231 e. The van der Waals surface area contributed by atoms with Crippen molar-refractivity contribution in [1.29, 1.82) is 0 Å². The van der Waals surface area contributed by atoms with Gasteiger partial charge in [0.1, 0.15) is 5.82 Å².